The van der Waals surface area contributed by atoms with E-state index in [0.717, 1.165) is 0 Å². The van der Waals surface area contributed by atoms with Crippen molar-refractivity contribution in [3.8, 4) is 0 Å². The van der Waals surface area contributed by atoms with Crippen LogP contribution in [0.15, 0.2) is 24.7 Å². The molecular weight excluding hydrogens is 289 g/mol. The van der Waals surface area contributed by atoms with E-state index in [9.17, 15) is 9.18 Å². The van der Waals surface area contributed by atoms with Gasteiger partial charge in [-0.05, 0) is 6.08 Å². The van der Waals surface area contributed by atoms with E-state index >= 15 is 0 Å². The summed E-state index contributed by atoms with van der Waals surface area (Å²) in [5, 5.41) is 8.79. The summed E-state index contributed by atoms with van der Waals surface area (Å²) in [6, 6.07) is -0.239. The minimum atomic E-state index is -1.34. The van der Waals surface area contributed by atoms with E-state index in [-0.39, 0.29) is 16.6 Å². The Bertz CT molecular complexity index is 715. The van der Waals surface area contributed by atoms with E-state index in [4.69, 9.17) is 16.7 Å². The second-order valence-corrected chi connectivity index (χ2v) is 4.72. The van der Waals surface area contributed by atoms with Crippen molar-refractivity contribution in [3.05, 3.63) is 35.6 Å². The lowest BCUT2D eigenvalue weighted by Gasteiger charge is -2.13. The van der Waals surface area contributed by atoms with Crippen LogP contribution >= 0.6 is 11.6 Å². The Morgan fingerprint density at radius 2 is 2.30 bits per heavy atom. The molecule has 1 aliphatic carbocycles. The van der Waals surface area contributed by atoms with Crippen molar-refractivity contribution in [2.24, 2.45) is 0 Å². The van der Waals surface area contributed by atoms with E-state index in [1.165, 1.54) is 12.5 Å². The summed E-state index contributed by atoms with van der Waals surface area (Å²) in [5.74, 6) is -0.512. The van der Waals surface area contributed by atoms with Crippen molar-refractivity contribution in [3.63, 3.8) is 0 Å². The van der Waals surface area contributed by atoms with Gasteiger partial charge in [-0.15, -0.1) is 0 Å². The van der Waals surface area contributed by atoms with Crippen LogP contribution in [0.4, 0.5) is 9.18 Å². The monoisotopic (exact) mass is 297 g/mol. The van der Waals surface area contributed by atoms with Crippen LogP contribution in [0.25, 0.3) is 11.0 Å². The van der Waals surface area contributed by atoms with Crippen molar-refractivity contribution in [1.29, 1.82) is 0 Å². The Morgan fingerprint density at radius 1 is 1.50 bits per heavy atom. The SMILES string of the molecule is O=C(O)O[C@@H]1C=C[C@H](n2cc(F)c3c(Cl)ncnc32)C1. The minimum absolute atomic E-state index is 0.0477. The molecule has 0 unspecified atom stereocenters. The molecular formula is C12H9ClFN3O3. The van der Waals surface area contributed by atoms with Crippen molar-refractivity contribution in [2.75, 3.05) is 0 Å². The quantitative estimate of drug-likeness (QED) is 0.524. The fourth-order valence-electron chi connectivity index (χ4n) is 2.33. The topological polar surface area (TPSA) is 77.2 Å². The molecule has 0 saturated carbocycles. The van der Waals surface area contributed by atoms with Gasteiger partial charge in [0.1, 0.15) is 23.2 Å². The fraction of sp³-hybridized carbons (Fsp3) is 0.250. The van der Waals surface area contributed by atoms with Gasteiger partial charge in [-0.25, -0.2) is 19.2 Å². The zero-order valence-corrected chi connectivity index (χ0v) is 10.8. The minimum Gasteiger partial charge on any atom is -0.450 e. The highest BCUT2D eigenvalue weighted by atomic mass is 35.5. The summed E-state index contributed by atoms with van der Waals surface area (Å²) in [6.45, 7) is 0. The van der Waals surface area contributed by atoms with Crippen LogP contribution in [0.1, 0.15) is 12.5 Å². The number of carbonyl (C=O) groups is 1. The number of hydrogen-bond acceptors (Lipinski definition) is 4. The second-order valence-electron chi connectivity index (χ2n) is 4.36. The molecule has 1 aliphatic rings. The normalized spacial score (nSPS) is 21.5. The average Bonchev–Trinajstić information content (AvgIpc) is 2.94. The van der Waals surface area contributed by atoms with E-state index in [2.05, 4.69) is 14.7 Å². The molecule has 2 heterocycles. The number of ether oxygens (including phenoxy) is 1. The number of halogens is 2. The van der Waals surface area contributed by atoms with Gasteiger partial charge in [-0.3, -0.25) is 0 Å². The zero-order chi connectivity index (χ0) is 14.3. The summed E-state index contributed by atoms with van der Waals surface area (Å²) in [4.78, 5) is 18.3. The third-order valence-corrected chi connectivity index (χ3v) is 3.43. The van der Waals surface area contributed by atoms with Crippen LogP contribution in [0.5, 0.6) is 0 Å². The second kappa shape index (κ2) is 4.75. The molecule has 6 nitrogen and oxygen atoms in total. The predicted octanol–water partition coefficient (Wildman–Crippen LogP) is 2.79. The van der Waals surface area contributed by atoms with Crippen molar-refractivity contribution in [1.82, 2.24) is 14.5 Å². The standard InChI is InChI=1S/C12H9ClFN3O3/c13-10-9-8(14)4-17(11(9)16-5-15-10)6-1-2-7(3-6)20-12(18)19/h1-2,4-7H,3H2,(H,18,19)/t6-,7+/m0/s1. The summed E-state index contributed by atoms with van der Waals surface area (Å²) in [5.41, 5.74) is 0.369. The number of aromatic nitrogens is 3. The first-order valence-electron chi connectivity index (χ1n) is 5.80. The summed E-state index contributed by atoms with van der Waals surface area (Å²) >= 11 is 5.85. The lowest BCUT2D eigenvalue weighted by molar-refractivity contribution is 0.0667. The van der Waals surface area contributed by atoms with E-state index in [0.29, 0.717) is 12.1 Å². The zero-order valence-electron chi connectivity index (χ0n) is 10.0. The molecule has 0 aromatic carbocycles. The highest BCUT2D eigenvalue weighted by molar-refractivity contribution is 6.34. The van der Waals surface area contributed by atoms with Gasteiger partial charge < -0.3 is 14.4 Å². The van der Waals surface area contributed by atoms with Crippen molar-refractivity contribution >= 4 is 28.8 Å². The molecule has 0 saturated heterocycles. The van der Waals surface area contributed by atoms with Crippen LogP contribution in [-0.4, -0.2) is 31.9 Å². The Hall–Kier alpha value is -2.15. The molecule has 2 atom stereocenters. The maximum Gasteiger partial charge on any atom is 0.506 e. The molecule has 0 bridgehead atoms. The van der Waals surface area contributed by atoms with Crippen LogP contribution in [0.3, 0.4) is 0 Å². The van der Waals surface area contributed by atoms with E-state index in [1.54, 1.807) is 16.7 Å². The molecule has 8 heteroatoms. The van der Waals surface area contributed by atoms with Crippen LogP contribution in [0, 0.1) is 5.82 Å². The Kier molecular flexibility index (Phi) is 3.06. The largest absolute Gasteiger partial charge is 0.506 e. The maximum absolute atomic E-state index is 13.9. The maximum atomic E-state index is 13.9. The molecule has 2 aromatic rings. The fourth-order valence-corrected chi connectivity index (χ4v) is 2.55. The van der Waals surface area contributed by atoms with Gasteiger partial charge >= 0.3 is 6.16 Å². The lowest BCUT2D eigenvalue weighted by Crippen LogP contribution is -2.14. The van der Waals surface area contributed by atoms with Crippen LogP contribution in [-0.2, 0) is 4.74 Å². The Morgan fingerprint density at radius 3 is 3.05 bits per heavy atom. The molecule has 0 aliphatic heterocycles. The number of hydrogen-bond donors (Lipinski definition) is 1. The molecule has 20 heavy (non-hydrogen) atoms. The van der Waals surface area contributed by atoms with Gasteiger partial charge in [-0.2, -0.15) is 0 Å². The highest BCUT2D eigenvalue weighted by Gasteiger charge is 2.26. The summed E-state index contributed by atoms with van der Waals surface area (Å²) < 4.78 is 20.2. The van der Waals surface area contributed by atoms with Gasteiger partial charge in [0.15, 0.2) is 5.82 Å². The Balaban J connectivity index is 1.95. The van der Waals surface area contributed by atoms with Gasteiger partial charge in [0.25, 0.3) is 0 Å². The molecule has 0 amide bonds. The third-order valence-electron chi connectivity index (χ3n) is 3.15. The van der Waals surface area contributed by atoms with Crippen molar-refractivity contribution < 1.29 is 19.0 Å². The Labute approximate surface area is 117 Å². The predicted molar refractivity (Wildman–Crippen MR) is 68.2 cm³/mol. The van der Waals surface area contributed by atoms with Crippen molar-refractivity contribution in [2.45, 2.75) is 18.6 Å². The van der Waals surface area contributed by atoms with Crippen LogP contribution < -0.4 is 0 Å². The number of allylic oxidation sites excluding steroid dienone is 1. The average molecular weight is 298 g/mol. The van der Waals surface area contributed by atoms with Gasteiger partial charge in [0, 0.05) is 12.6 Å². The molecule has 0 fully saturated rings. The van der Waals surface area contributed by atoms with Gasteiger partial charge in [0.2, 0.25) is 0 Å². The highest BCUT2D eigenvalue weighted by Crippen LogP contribution is 2.32. The number of nitrogens with zero attached hydrogens (tertiary/aromatic N) is 3. The lowest BCUT2D eigenvalue weighted by atomic mass is 10.2. The summed E-state index contributed by atoms with van der Waals surface area (Å²) in [6.07, 6.45) is 4.42. The number of carboxylic acid groups (broad SMARTS) is 1. The first-order chi connectivity index (χ1) is 9.56. The van der Waals surface area contributed by atoms with Gasteiger partial charge in [0.05, 0.1) is 11.4 Å². The molecule has 1 N–H and O–H groups in total. The summed E-state index contributed by atoms with van der Waals surface area (Å²) in [7, 11) is 0. The number of rotatable bonds is 2. The van der Waals surface area contributed by atoms with E-state index in [1.807, 2.05) is 0 Å². The van der Waals surface area contributed by atoms with Crippen LogP contribution in [0.2, 0.25) is 5.15 Å². The number of fused-ring (bicyclic) bond motifs is 1. The molecule has 0 spiro atoms. The third kappa shape index (κ3) is 2.09. The smallest absolute Gasteiger partial charge is 0.450 e. The molecule has 0 radical (unpaired) electrons. The molecule has 104 valence electrons. The molecule has 2 aromatic heterocycles. The van der Waals surface area contributed by atoms with E-state index < -0.39 is 18.1 Å². The molecule has 3 rings (SSSR count). The first kappa shape index (κ1) is 12.9. The first-order valence-corrected chi connectivity index (χ1v) is 6.18. The van der Waals surface area contributed by atoms with Gasteiger partial charge in [-0.1, -0.05) is 17.7 Å².